The van der Waals surface area contributed by atoms with Crippen LogP contribution in [0.15, 0.2) is 30.3 Å². The Morgan fingerprint density at radius 3 is 2.79 bits per heavy atom. The van der Waals surface area contributed by atoms with Crippen LogP contribution in [-0.2, 0) is 10.5 Å². The standard InChI is InChI=1S/C16H18FNO/c17-16(11-4-2-1-3-5-11)9-12(16)8-15(19)14-7-10-6-13(10)18-14/h1-5,10,12-14,18H,6-9H2/t10-,12?,13-,14+,16?/m1/s1. The number of fused-ring (bicyclic) bond motifs is 1. The fourth-order valence-electron chi connectivity index (χ4n) is 3.55. The van der Waals surface area contributed by atoms with E-state index < -0.39 is 5.67 Å². The van der Waals surface area contributed by atoms with E-state index in [4.69, 9.17) is 0 Å². The molecule has 0 bridgehead atoms. The van der Waals surface area contributed by atoms with E-state index in [1.165, 1.54) is 6.42 Å². The molecule has 2 saturated carbocycles. The summed E-state index contributed by atoms with van der Waals surface area (Å²) in [6, 6.07) is 9.85. The summed E-state index contributed by atoms with van der Waals surface area (Å²) in [4.78, 5) is 12.2. The Bertz CT molecular complexity index is 507. The predicted molar refractivity (Wildman–Crippen MR) is 70.4 cm³/mol. The van der Waals surface area contributed by atoms with Gasteiger partial charge in [-0.1, -0.05) is 30.3 Å². The number of rotatable bonds is 4. The van der Waals surface area contributed by atoms with E-state index >= 15 is 0 Å². The number of halogens is 1. The predicted octanol–water partition coefficient (Wildman–Crippen LogP) is 2.58. The first kappa shape index (κ1) is 11.6. The number of piperidine rings is 1. The lowest BCUT2D eigenvalue weighted by Crippen LogP contribution is -2.34. The second-order valence-electron chi connectivity index (χ2n) is 6.36. The molecular weight excluding hydrogens is 241 g/mol. The molecule has 2 aliphatic carbocycles. The fraction of sp³-hybridized carbons (Fsp3) is 0.562. The third kappa shape index (κ3) is 1.91. The minimum Gasteiger partial charge on any atom is -0.304 e. The highest BCUT2D eigenvalue weighted by atomic mass is 19.1. The Kier molecular flexibility index (Phi) is 2.37. The van der Waals surface area contributed by atoms with Gasteiger partial charge in [-0.15, -0.1) is 0 Å². The molecule has 5 atom stereocenters. The Labute approximate surface area is 112 Å². The van der Waals surface area contributed by atoms with Crippen LogP contribution in [-0.4, -0.2) is 17.9 Å². The number of benzene rings is 1. The molecule has 3 heteroatoms. The summed E-state index contributed by atoms with van der Waals surface area (Å²) >= 11 is 0. The van der Waals surface area contributed by atoms with Gasteiger partial charge in [0.25, 0.3) is 0 Å². The number of hydrogen-bond donors (Lipinski definition) is 1. The van der Waals surface area contributed by atoms with Crippen LogP contribution < -0.4 is 5.32 Å². The Morgan fingerprint density at radius 1 is 1.32 bits per heavy atom. The van der Waals surface area contributed by atoms with Crippen LogP contribution in [0.25, 0.3) is 0 Å². The van der Waals surface area contributed by atoms with E-state index in [0.29, 0.717) is 18.9 Å². The smallest absolute Gasteiger partial charge is 0.150 e. The molecule has 0 aromatic heterocycles. The van der Waals surface area contributed by atoms with Crippen LogP contribution in [0.4, 0.5) is 4.39 Å². The second-order valence-corrected chi connectivity index (χ2v) is 6.36. The van der Waals surface area contributed by atoms with Gasteiger partial charge in [-0.3, -0.25) is 4.79 Å². The molecule has 1 aromatic rings. The van der Waals surface area contributed by atoms with Crippen LogP contribution in [0.1, 0.15) is 31.2 Å². The SMILES string of the molecule is O=C(CC1CC1(F)c1ccccc1)[C@@H]1C[C@H]2C[C@H]2N1. The maximum absolute atomic E-state index is 14.7. The molecule has 0 amide bonds. The first-order chi connectivity index (χ1) is 9.17. The quantitative estimate of drug-likeness (QED) is 0.900. The first-order valence-electron chi connectivity index (χ1n) is 7.20. The summed E-state index contributed by atoms with van der Waals surface area (Å²) in [6.45, 7) is 0. The number of ketones is 1. The van der Waals surface area contributed by atoms with Crippen molar-refractivity contribution >= 4 is 5.78 Å². The zero-order valence-corrected chi connectivity index (χ0v) is 10.8. The molecule has 1 aliphatic heterocycles. The highest BCUT2D eigenvalue weighted by molar-refractivity contribution is 5.85. The van der Waals surface area contributed by atoms with Gasteiger partial charge in [-0.25, -0.2) is 4.39 Å². The molecule has 3 fully saturated rings. The number of nitrogens with one attached hydrogen (secondary N) is 1. The fourth-order valence-corrected chi connectivity index (χ4v) is 3.55. The van der Waals surface area contributed by atoms with Crippen molar-refractivity contribution in [3.05, 3.63) is 35.9 Å². The zero-order chi connectivity index (χ0) is 13.0. The van der Waals surface area contributed by atoms with Crippen LogP contribution >= 0.6 is 0 Å². The van der Waals surface area contributed by atoms with E-state index in [-0.39, 0.29) is 17.7 Å². The third-order valence-corrected chi connectivity index (χ3v) is 5.00. The normalized spacial score (nSPS) is 42.8. The Balaban J connectivity index is 1.39. The molecule has 1 saturated heterocycles. The molecule has 1 N–H and O–H groups in total. The van der Waals surface area contributed by atoms with Gasteiger partial charge >= 0.3 is 0 Å². The number of alkyl halides is 1. The number of Topliss-reactive ketones (excluding diaryl/α,β-unsaturated/α-hetero) is 1. The zero-order valence-electron chi connectivity index (χ0n) is 10.8. The molecule has 0 radical (unpaired) electrons. The van der Waals surface area contributed by atoms with Crippen molar-refractivity contribution in [1.29, 1.82) is 0 Å². The first-order valence-corrected chi connectivity index (χ1v) is 7.20. The van der Waals surface area contributed by atoms with E-state index in [1.807, 2.05) is 30.3 Å². The highest BCUT2D eigenvalue weighted by Crippen LogP contribution is 2.57. The molecule has 2 nitrogen and oxygen atoms in total. The van der Waals surface area contributed by atoms with Gasteiger partial charge in [-0.2, -0.15) is 0 Å². The van der Waals surface area contributed by atoms with E-state index in [9.17, 15) is 9.18 Å². The summed E-state index contributed by atoms with van der Waals surface area (Å²) in [5.74, 6) is 0.825. The largest absolute Gasteiger partial charge is 0.304 e. The minimum absolute atomic E-state index is 0.00405. The van der Waals surface area contributed by atoms with Crippen molar-refractivity contribution in [3.8, 4) is 0 Å². The molecule has 100 valence electrons. The second kappa shape index (κ2) is 3.89. The third-order valence-electron chi connectivity index (χ3n) is 5.00. The van der Waals surface area contributed by atoms with Crippen molar-refractivity contribution in [3.63, 3.8) is 0 Å². The number of carbonyl (C=O) groups excluding carboxylic acids is 1. The van der Waals surface area contributed by atoms with Gasteiger partial charge in [0.15, 0.2) is 0 Å². The van der Waals surface area contributed by atoms with Gasteiger partial charge in [0, 0.05) is 18.4 Å². The average Bonchev–Trinajstić information content (AvgIpc) is 3.28. The lowest BCUT2D eigenvalue weighted by atomic mass is 10.00. The Morgan fingerprint density at radius 2 is 2.11 bits per heavy atom. The van der Waals surface area contributed by atoms with Gasteiger partial charge in [0.05, 0.1) is 6.04 Å². The maximum Gasteiger partial charge on any atom is 0.150 e. The lowest BCUT2D eigenvalue weighted by Gasteiger charge is -2.13. The molecule has 4 rings (SSSR count). The Hall–Kier alpha value is -1.22. The van der Waals surface area contributed by atoms with E-state index in [0.717, 1.165) is 17.9 Å². The summed E-state index contributed by atoms with van der Waals surface area (Å²) in [6.07, 6.45) is 3.09. The van der Waals surface area contributed by atoms with Crippen LogP contribution in [0.3, 0.4) is 0 Å². The number of carbonyl (C=O) groups is 1. The van der Waals surface area contributed by atoms with Crippen molar-refractivity contribution in [1.82, 2.24) is 5.32 Å². The van der Waals surface area contributed by atoms with Crippen LogP contribution in [0.2, 0.25) is 0 Å². The van der Waals surface area contributed by atoms with Crippen molar-refractivity contribution < 1.29 is 9.18 Å². The highest BCUT2D eigenvalue weighted by Gasteiger charge is 2.58. The maximum atomic E-state index is 14.7. The van der Waals surface area contributed by atoms with Crippen molar-refractivity contribution in [2.75, 3.05) is 0 Å². The summed E-state index contributed by atoms with van der Waals surface area (Å²) < 4.78 is 14.7. The monoisotopic (exact) mass is 259 g/mol. The molecule has 1 heterocycles. The molecule has 0 spiro atoms. The van der Waals surface area contributed by atoms with Gasteiger partial charge in [0.2, 0.25) is 0 Å². The van der Waals surface area contributed by atoms with Gasteiger partial charge in [0.1, 0.15) is 11.5 Å². The van der Waals surface area contributed by atoms with E-state index in [1.54, 1.807) is 0 Å². The van der Waals surface area contributed by atoms with Crippen molar-refractivity contribution in [2.45, 2.75) is 43.4 Å². The van der Waals surface area contributed by atoms with Gasteiger partial charge in [-0.05, 0) is 30.7 Å². The van der Waals surface area contributed by atoms with Crippen LogP contribution in [0.5, 0.6) is 0 Å². The summed E-state index contributed by atoms with van der Waals surface area (Å²) in [5.41, 5.74) is -0.520. The number of hydrogen-bond acceptors (Lipinski definition) is 2. The van der Waals surface area contributed by atoms with E-state index in [2.05, 4.69) is 5.32 Å². The average molecular weight is 259 g/mol. The lowest BCUT2D eigenvalue weighted by molar-refractivity contribution is -0.121. The molecule has 1 aromatic carbocycles. The van der Waals surface area contributed by atoms with Gasteiger partial charge < -0.3 is 5.32 Å². The summed E-state index contributed by atoms with van der Waals surface area (Å²) in [5, 5.41) is 3.36. The topological polar surface area (TPSA) is 29.1 Å². The minimum atomic E-state index is -1.25. The summed E-state index contributed by atoms with van der Waals surface area (Å²) in [7, 11) is 0. The molecule has 2 unspecified atom stereocenters. The van der Waals surface area contributed by atoms with Crippen LogP contribution in [0, 0.1) is 11.8 Å². The van der Waals surface area contributed by atoms with Crippen molar-refractivity contribution in [2.24, 2.45) is 11.8 Å². The molecule has 19 heavy (non-hydrogen) atoms. The molecule has 3 aliphatic rings. The molecular formula is C16H18FNO.